The first-order valence-electron chi connectivity index (χ1n) is 6.74. The molecule has 1 heterocycles. The van der Waals surface area contributed by atoms with Crippen molar-refractivity contribution in [3.8, 4) is 11.8 Å². The molecule has 1 aliphatic rings. The third-order valence-electron chi connectivity index (χ3n) is 3.78. The van der Waals surface area contributed by atoms with Crippen LogP contribution >= 0.6 is 0 Å². The van der Waals surface area contributed by atoms with Gasteiger partial charge in [-0.05, 0) is 25.0 Å². The summed E-state index contributed by atoms with van der Waals surface area (Å²) >= 11 is 0. The highest BCUT2D eigenvalue weighted by molar-refractivity contribution is 5.78. The molecule has 0 aliphatic carbocycles. The van der Waals surface area contributed by atoms with Gasteiger partial charge in [-0.3, -0.25) is 4.79 Å². The number of methoxy groups -OCH3 is 1. The molecule has 0 spiro atoms. The van der Waals surface area contributed by atoms with Gasteiger partial charge >= 0.3 is 0 Å². The van der Waals surface area contributed by atoms with Gasteiger partial charge in [0, 0.05) is 32.1 Å². The number of hydrogen-bond acceptors (Lipinski definition) is 4. The summed E-state index contributed by atoms with van der Waals surface area (Å²) in [7, 11) is 3.29. The molecular formula is C15H19N3O2. The molecule has 0 bridgehead atoms. The van der Waals surface area contributed by atoms with Crippen LogP contribution < -0.4 is 15.0 Å². The van der Waals surface area contributed by atoms with Gasteiger partial charge in [0.25, 0.3) is 0 Å². The smallest absolute Gasteiger partial charge is 0.222 e. The van der Waals surface area contributed by atoms with Crippen LogP contribution in [0.3, 0.4) is 0 Å². The van der Waals surface area contributed by atoms with Gasteiger partial charge in [0.05, 0.1) is 18.4 Å². The van der Waals surface area contributed by atoms with Crippen LogP contribution in [0.1, 0.15) is 18.4 Å². The maximum atomic E-state index is 11.6. The van der Waals surface area contributed by atoms with Crippen LogP contribution in [0.25, 0.3) is 0 Å². The number of amides is 1. The van der Waals surface area contributed by atoms with E-state index < -0.39 is 0 Å². The van der Waals surface area contributed by atoms with E-state index in [0.29, 0.717) is 5.56 Å². The monoisotopic (exact) mass is 273 g/mol. The van der Waals surface area contributed by atoms with E-state index in [9.17, 15) is 10.1 Å². The predicted octanol–water partition coefficient (Wildman–Crippen LogP) is 1.53. The molecule has 0 unspecified atom stereocenters. The Hall–Kier alpha value is -2.22. The summed E-state index contributed by atoms with van der Waals surface area (Å²) in [6.45, 7) is 1.56. The van der Waals surface area contributed by atoms with Gasteiger partial charge in [-0.1, -0.05) is 0 Å². The molecule has 0 atom stereocenters. The minimum absolute atomic E-state index is 0.0763. The Kier molecular flexibility index (Phi) is 4.46. The van der Waals surface area contributed by atoms with Gasteiger partial charge in [0.2, 0.25) is 5.91 Å². The number of nitrogens with one attached hydrogen (secondary N) is 1. The maximum absolute atomic E-state index is 11.6. The maximum Gasteiger partial charge on any atom is 0.222 e. The molecular weight excluding hydrogens is 254 g/mol. The third kappa shape index (κ3) is 2.85. The molecule has 1 aromatic carbocycles. The Morgan fingerprint density at radius 2 is 2.15 bits per heavy atom. The summed E-state index contributed by atoms with van der Waals surface area (Å²) < 4.78 is 5.22. The quantitative estimate of drug-likeness (QED) is 0.907. The second kappa shape index (κ2) is 6.29. The van der Waals surface area contributed by atoms with E-state index in [1.165, 1.54) is 0 Å². The van der Waals surface area contributed by atoms with Crippen molar-refractivity contribution < 1.29 is 9.53 Å². The van der Waals surface area contributed by atoms with Crippen LogP contribution in [-0.2, 0) is 4.79 Å². The van der Waals surface area contributed by atoms with E-state index in [4.69, 9.17) is 4.74 Å². The zero-order valence-corrected chi connectivity index (χ0v) is 11.8. The third-order valence-corrected chi connectivity index (χ3v) is 3.78. The number of piperidine rings is 1. The van der Waals surface area contributed by atoms with Gasteiger partial charge in [0.1, 0.15) is 11.8 Å². The van der Waals surface area contributed by atoms with Crippen LogP contribution in [0, 0.1) is 17.2 Å². The number of rotatable bonds is 3. The van der Waals surface area contributed by atoms with E-state index in [1.54, 1.807) is 26.3 Å². The summed E-state index contributed by atoms with van der Waals surface area (Å²) in [6, 6.07) is 7.67. The topological polar surface area (TPSA) is 65.4 Å². The van der Waals surface area contributed by atoms with Crippen molar-refractivity contribution in [2.24, 2.45) is 5.92 Å². The second-order valence-corrected chi connectivity index (χ2v) is 4.87. The molecule has 106 valence electrons. The Morgan fingerprint density at radius 3 is 2.70 bits per heavy atom. The summed E-state index contributed by atoms with van der Waals surface area (Å²) in [6.07, 6.45) is 1.61. The number of nitriles is 1. The van der Waals surface area contributed by atoms with E-state index in [1.807, 2.05) is 6.07 Å². The standard InChI is InChI=1S/C15H19N3O2/c1-17-15(19)11-5-7-18(8-6-11)14-9-13(20-2)4-3-12(14)10-16/h3-4,9,11H,5-8H2,1-2H3,(H,17,19). The van der Waals surface area contributed by atoms with Crippen molar-refractivity contribution in [2.45, 2.75) is 12.8 Å². The molecule has 1 N–H and O–H groups in total. The second-order valence-electron chi connectivity index (χ2n) is 4.87. The van der Waals surface area contributed by atoms with Gasteiger partial charge in [-0.15, -0.1) is 0 Å². The molecule has 1 amide bonds. The highest BCUT2D eigenvalue weighted by atomic mass is 16.5. The normalized spacial score (nSPS) is 15.6. The number of hydrogen-bond donors (Lipinski definition) is 1. The molecule has 20 heavy (non-hydrogen) atoms. The molecule has 1 aliphatic heterocycles. The fourth-order valence-corrected chi connectivity index (χ4v) is 2.58. The first-order valence-corrected chi connectivity index (χ1v) is 6.74. The van der Waals surface area contributed by atoms with Gasteiger partial charge < -0.3 is 15.0 Å². The number of benzene rings is 1. The van der Waals surface area contributed by atoms with Crippen LogP contribution in [-0.4, -0.2) is 33.2 Å². The zero-order chi connectivity index (χ0) is 14.5. The average Bonchev–Trinajstić information content (AvgIpc) is 2.53. The number of anilines is 1. The summed E-state index contributed by atoms with van der Waals surface area (Å²) in [5.41, 5.74) is 1.53. The Bertz CT molecular complexity index is 528. The molecule has 1 aromatic rings. The van der Waals surface area contributed by atoms with E-state index in [2.05, 4.69) is 16.3 Å². The fraction of sp³-hybridized carbons (Fsp3) is 0.467. The van der Waals surface area contributed by atoms with Crippen molar-refractivity contribution in [3.63, 3.8) is 0 Å². The van der Waals surface area contributed by atoms with Crippen molar-refractivity contribution in [3.05, 3.63) is 23.8 Å². The predicted molar refractivity (Wildman–Crippen MR) is 76.7 cm³/mol. The van der Waals surface area contributed by atoms with Crippen molar-refractivity contribution in [1.29, 1.82) is 5.26 Å². The first-order chi connectivity index (χ1) is 9.69. The molecule has 1 saturated heterocycles. The lowest BCUT2D eigenvalue weighted by atomic mass is 9.95. The van der Waals surface area contributed by atoms with E-state index in [0.717, 1.165) is 37.4 Å². The van der Waals surface area contributed by atoms with Crippen molar-refractivity contribution in [1.82, 2.24) is 5.32 Å². The number of nitrogens with zero attached hydrogens (tertiary/aromatic N) is 2. The zero-order valence-electron chi connectivity index (χ0n) is 11.8. The number of carbonyl (C=O) groups is 1. The lowest BCUT2D eigenvalue weighted by Gasteiger charge is -2.33. The molecule has 5 nitrogen and oxygen atoms in total. The summed E-state index contributed by atoms with van der Waals surface area (Å²) in [5.74, 6) is 0.926. The van der Waals surface area contributed by atoms with Crippen LogP contribution in [0.5, 0.6) is 5.75 Å². The molecule has 0 saturated carbocycles. The van der Waals surface area contributed by atoms with Crippen LogP contribution in [0.15, 0.2) is 18.2 Å². The molecule has 5 heteroatoms. The molecule has 0 radical (unpaired) electrons. The largest absolute Gasteiger partial charge is 0.497 e. The number of carbonyl (C=O) groups excluding carboxylic acids is 1. The van der Waals surface area contributed by atoms with Crippen LogP contribution in [0.2, 0.25) is 0 Å². The SMILES string of the molecule is CNC(=O)C1CCN(c2cc(OC)ccc2C#N)CC1. The Labute approximate surface area is 119 Å². The minimum Gasteiger partial charge on any atom is -0.497 e. The van der Waals surface area contributed by atoms with Crippen molar-refractivity contribution >= 4 is 11.6 Å². The van der Waals surface area contributed by atoms with E-state index >= 15 is 0 Å². The first kappa shape index (κ1) is 14.2. The highest BCUT2D eigenvalue weighted by Gasteiger charge is 2.25. The summed E-state index contributed by atoms with van der Waals surface area (Å²) in [4.78, 5) is 13.8. The summed E-state index contributed by atoms with van der Waals surface area (Å²) in [5, 5.41) is 11.9. The number of ether oxygens (including phenoxy) is 1. The van der Waals surface area contributed by atoms with Crippen molar-refractivity contribution in [2.75, 3.05) is 32.1 Å². The lowest BCUT2D eigenvalue weighted by Crippen LogP contribution is -2.39. The van der Waals surface area contributed by atoms with Gasteiger partial charge in [0.15, 0.2) is 0 Å². The van der Waals surface area contributed by atoms with Gasteiger partial charge in [-0.2, -0.15) is 5.26 Å². The molecule has 0 aromatic heterocycles. The highest BCUT2D eigenvalue weighted by Crippen LogP contribution is 2.29. The molecule has 1 fully saturated rings. The Balaban J connectivity index is 2.14. The fourth-order valence-electron chi connectivity index (χ4n) is 2.58. The molecule has 2 rings (SSSR count). The average molecular weight is 273 g/mol. The lowest BCUT2D eigenvalue weighted by molar-refractivity contribution is -0.125. The Morgan fingerprint density at radius 1 is 1.45 bits per heavy atom. The van der Waals surface area contributed by atoms with E-state index in [-0.39, 0.29) is 11.8 Å². The minimum atomic E-state index is 0.0763. The van der Waals surface area contributed by atoms with Gasteiger partial charge in [-0.25, -0.2) is 0 Å². The van der Waals surface area contributed by atoms with Crippen LogP contribution in [0.4, 0.5) is 5.69 Å².